The number of hydrogen-bond donors (Lipinski definition) is 2. The topological polar surface area (TPSA) is 73.1 Å². The van der Waals surface area contributed by atoms with E-state index in [9.17, 15) is 0 Å². The molecule has 0 atom stereocenters. The molecule has 0 spiro atoms. The van der Waals surface area contributed by atoms with Crippen molar-refractivity contribution in [3.05, 3.63) is 18.5 Å². The molecule has 0 aliphatic heterocycles. The molecule has 1 aromatic heterocycles. The fourth-order valence-corrected chi connectivity index (χ4v) is 1.11. The van der Waals surface area contributed by atoms with Crippen LogP contribution >= 0.6 is 0 Å². The maximum absolute atomic E-state index is 5.83. The van der Waals surface area contributed by atoms with Crippen LogP contribution in [-0.4, -0.2) is 23.1 Å². The minimum Gasteiger partial charge on any atom is -0.476 e. The first-order valence-electron chi connectivity index (χ1n) is 4.80. The molecule has 0 saturated carbocycles. The lowest BCUT2D eigenvalue weighted by Crippen LogP contribution is -2.09. The summed E-state index contributed by atoms with van der Waals surface area (Å²) in [6, 6.07) is 0. The second-order valence-corrected chi connectivity index (χ2v) is 2.94. The summed E-state index contributed by atoms with van der Waals surface area (Å²) in [5.74, 6) is 1.64. The Hall–Kier alpha value is -1.78. The highest BCUT2D eigenvalue weighted by Crippen LogP contribution is 2.25. The average Bonchev–Trinajstić information content (AvgIpc) is 2.21. The van der Waals surface area contributed by atoms with E-state index in [1.807, 2.05) is 6.92 Å². The Morgan fingerprint density at radius 3 is 2.87 bits per heavy atom. The minimum atomic E-state index is 0.427. The molecular formula is C10H16N4O. The molecule has 0 fully saturated rings. The van der Waals surface area contributed by atoms with Gasteiger partial charge in [-0.25, -0.2) is 4.98 Å². The molecule has 0 unspecified atom stereocenters. The van der Waals surface area contributed by atoms with E-state index in [4.69, 9.17) is 10.5 Å². The van der Waals surface area contributed by atoms with Gasteiger partial charge < -0.3 is 15.8 Å². The largest absolute Gasteiger partial charge is 0.476 e. The number of aryl methyl sites for hydroxylation is 1. The second-order valence-electron chi connectivity index (χ2n) is 2.94. The number of nitrogens with two attached hydrogens (primary N) is 1. The third-order valence-electron chi connectivity index (χ3n) is 1.72. The number of nitrogen functional groups attached to an aromatic ring is 1. The van der Waals surface area contributed by atoms with E-state index < -0.39 is 0 Å². The van der Waals surface area contributed by atoms with E-state index in [2.05, 4.69) is 21.9 Å². The Labute approximate surface area is 89.4 Å². The molecule has 1 rings (SSSR count). The maximum Gasteiger partial charge on any atom is 0.242 e. The summed E-state index contributed by atoms with van der Waals surface area (Å²) in [4.78, 5) is 8.29. The number of aromatic nitrogens is 2. The van der Waals surface area contributed by atoms with Crippen LogP contribution in [-0.2, 0) is 0 Å². The Kier molecular flexibility index (Phi) is 3.91. The van der Waals surface area contributed by atoms with Gasteiger partial charge in [-0.05, 0) is 13.8 Å². The van der Waals surface area contributed by atoms with Crippen LogP contribution in [0.2, 0.25) is 0 Å². The summed E-state index contributed by atoms with van der Waals surface area (Å²) < 4.78 is 5.30. The Morgan fingerprint density at radius 1 is 1.53 bits per heavy atom. The number of hydrogen-bond acceptors (Lipinski definition) is 5. The van der Waals surface area contributed by atoms with E-state index in [1.165, 1.54) is 0 Å². The zero-order valence-electron chi connectivity index (χ0n) is 9.08. The van der Waals surface area contributed by atoms with Gasteiger partial charge in [-0.2, -0.15) is 4.98 Å². The van der Waals surface area contributed by atoms with Gasteiger partial charge in [0, 0.05) is 6.54 Å². The third-order valence-corrected chi connectivity index (χ3v) is 1.72. The summed E-state index contributed by atoms with van der Waals surface area (Å²) in [7, 11) is 0. The first-order valence-corrected chi connectivity index (χ1v) is 4.80. The van der Waals surface area contributed by atoms with Crippen LogP contribution in [0.25, 0.3) is 0 Å². The van der Waals surface area contributed by atoms with Crippen molar-refractivity contribution in [1.29, 1.82) is 0 Å². The Balaban J connectivity index is 2.98. The second kappa shape index (κ2) is 5.19. The van der Waals surface area contributed by atoms with Crippen LogP contribution in [0.15, 0.2) is 12.7 Å². The number of anilines is 2. The first-order chi connectivity index (χ1) is 7.19. The standard InChI is InChI=1S/C10H16N4O/c1-4-6-12-9-8(11)10(15-5-2)14-7(3)13-9/h4H,1,5-6,11H2,2-3H3,(H,12,13,14). The van der Waals surface area contributed by atoms with Crippen molar-refractivity contribution in [3.8, 4) is 5.88 Å². The van der Waals surface area contributed by atoms with E-state index in [0.29, 0.717) is 36.4 Å². The molecule has 0 amide bonds. The molecule has 0 radical (unpaired) electrons. The molecule has 1 aromatic rings. The minimum absolute atomic E-state index is 0.427. The van der Waals surface area contributed by atoms with E-state index in [-0.39, 0.29) is 0 Å². The van der Waals surface area contributed by atoms with Gasteiger partial charge in [0.25, 0.3) is 0 Å². The molecule has 0 aliphatic carbocycles. The van der Waals surface area contributed by atoms with Crippen LogP contribution < -0.4 is 15.8 Å². The predicted molar refractivity (Wildman–Crippen MR) is 61.0 cm³/mol. The summed E-state index contributed by atoms with van der Waals surface area (Å²) in [5, 5.41) is 3.03. The number of rotatable bonds is 5. The summed E-state index contributed by atoms with van der Waals surface area (Å²) in [5.41, 5.74) is 6.27. The quantitative estimate of drug-likeness (QED) is 0.715. The lowest BCUT2D eigenvalue weighted by molar-refractivity contribution is 0.327. The van der Waals surface area contributed by atoms with Gasteiger partial charge in [-0.1, -0.05) is 6.08 Å². The molecule has 82 valence electrons. The van der Waals surface area contributed by atoms with Crippen LogP contribution in [0.4, 0.5) is 11.5 Å². The van der Waals surface area contributed by atoms with Crippen LogP contribution in [0.3, 0.4) is 0 Å². The molecule has 0 saturated heterocycles. The Morgan fingerprint density at radius 2 is 2.27 bits per heavy atom. The summed E-state index contributed by atoms with van der Waals surface area (Å²) in [6.07, 6.45) is 1.73. The van der Waals surface area contributed by atoms with E-state index in [0.717, 1.165) is 0 Å². The monoisotopic (exact) mass is 208 g/mol. The molecule has 1 heterocycles. The smallest absolute Gasteiger partial charge is 0.242 e. The Bertz CT molecular complexity index is 352. The average molecular weight is 208 g/mol. The van der Waals surface area contributed by atoms with Gasteiger partial charge in [-0.3, -0.25) is 0 Å². The highest BCUT2D eigenvalue weighted by atomic mass is 16.5. The molecule has 3 N–H and O–H groups in total. The first kappa shape index (κ1) is 11.3. The highest BCUT2D eigenvalue weighted by molar-refractivity contribution is 5.67. The summed E-state index contributed by atoms with van der Waals surface area (Å²) >= 11 is 0. The SMILES string of the molecule is C=CCNc1nc(C)nc(OCC)c1N. The van der Waals surface area contributed by atoms with Crippen LogP contribution in [0.5, 0.6) is 5.88 Å². The molecule has 0 bridgehead atoms. The van der Waals surface area contributed by atoms with Crippen molar-refractivity contribution >= 4 is 11.5 Å². The normalized spacial score (nSPS) is 9.73. The fourth-order valence-electron chi connectivity index (χ4n) is 1.11. The maximum atomic E-state index is 5.83. The molecule has 0 aromatic carbocycles. The van der Waals surface area contributed by atoms with Gasteiger partial charge in [0.15, 0.2) is 5.82 Å². The van der Waals surface area contributed by atoms with E-state index in [1.54, 1.807) is 13.0 Å². The highest BCUT2D eigenvalue weighted by Gasteiger charge is 2.09. The van der Waals surface area contributed by atoms with Crippen LogP contribution in [0, 0.1) is 6.92 Å². The van der Waals surface area contributed by atoms with Crippen molar-refractivity contribution in [2.24, 2.45) is 0 Å². The number of ether oxygens (including phenoxy) is 1. The molecular weight excluding hydrogens is 192 g/mol. The van der Waals surface area contributed by atoms with Gasteiger partial charge >= 0.3 is 0 Å². The zero-order chi connectivity index (χ0) is 11.3. The van der Waals surface area contributed by atoms with Gasteiger partial charge in [0.05, 0.1) is 6.61 Å². The molecule has 15 heavy (non-hydrogen) atoms. The molecule has 0 aliphatic rings. The fraction of sp³-hybridized carbons (Fsp3) is 0.400. The van der Waals surface area contributed by atoms with Gasteiger partial charge in [0.2, 0.25) is 5.88 Å². The van der Waals surface area contributed by atoms with Crippen molar-refractivity contribution in [1.82, 2.24) is 9.97 Å². The van der Waals surface area contributed by atoms with Crippen LogP contribution in [0.1, 0.15) is 12.7 Å². The lowest BCUT2D eigenvalue weighted by atomic mass is 10.4. The summed E-state index contributed by atoms with van der Waals surface area (Å²) in [6.45, 7) is 8.42. The zero-order valence-corrected chi connectivity index (χ0v) is 9.08. The van der Waals surface area contributed by atoms with E-state index >= 15 is 0 Å². The number of nitrogens with one attached hydrogen (secondary N) is 1. The van der Waals surface area contributed by atoms with Crippen molar-refractivity contribution in [3.63, 3.8) is 0 Å². The predicted octanol–water partition coefficient (Wildman–Crippen LogP) is 1.36. The van der Waals surface area contributed by atoms with Crippen molar-refractivity contribution < 1.29 is 4.74 Å². The molecule has 5 heteroatoms. The van der Waals surface area contributed by atoms with Crippen molar-refractivity contribution in [2.75, 3.05) is 24.2 Å². The lowest BCUT2D eigenvalue weighted by Gasteiger charge is -2.11. The number of nitrogens with zero attached hydrogens (tertiary/aromatic N) is 2. The molecule has 5 nitrogen and oxygen atoms in total. The van der Waals surface area contributed by atoms with Crippen molar-refractivity contribution in [2.45, 2.75) is 13.8 Å². The van der Waals surface area contributed by atoms with Gasteiger partial charge in [-0.15, -0.1) is 6.58 Å². The van der Waals surface area contributed by atoms with Gasteiger partial charge in [0.1, 0.15) is 11.5 Å². The third kappa shape index (κ3) is 2.83.